The van der Waals surface area contributed by atoms with Gasteiger partial charge in [0.05, 0.1) is 17.8 Å². The first-order valence-corrected chi connectivity index (χ1v) is 9.97. The molecule has 132 valence electrons. The van der Waals surface area contributed by atoms with Gasteiger partial charge in [-0.05, 0) is 85.4 Å². The van der Waals surface area contributed by atoms with Crippen LogP contribution in [-0.2, 0) is 0 Å². The number of benzene rings is 1. The van der Waals surface area contributed by atoms with Gasteiger partial charge in [0.15, 0.2) is 5.11 Å². The molecule has 1 aliphatic heterocycles. The van der Waals surface area contributed by atoms with Crippen LogP contribution >= 0.6 is 23.6 Å². The van der Waals surface area contributed by atoms with Crippen molar-refractivity contribution in [2.45, 2.75) is 32.9 Å². The van der Waals surface area contributed by atoms with Crippen LogP contribution in [0.1, 0.15) is 39.3 Å². The van der Waals surface area contributed by atoms with Crippen LogP contribution in [-0.4, -0.2) is 10.1 Å². The number of thiophene rings is 1. The van der Waals surface area contributed by atoms with E-state index in [9.17, 15) is 0 Å². The molecule has 1 saturated heterocycles. The van der Waals surface area contributed by atoms with E-state index >= 15 is 0 Å². The third kappa shape index (κ3) is 2.91. The molecule has 5 heteroatoms. The van der Waals surface area contributed by atoms with Crippen LogP contribution in [0.15, 0.2) is 54.0 Å². The molecule has 0 radical (unpaired) electrons. The molecule has 1 fully saturated rings. The largest absolute Gasteiger partial charge is 0.351 e. The summed E-state index contributed by atoms with van der Waals surface area (Å²) in [6, 6.07) is 14.9. The maximum atomic E-state index is 5.76. The van der Waals surface area contributed by atoms with Crippen LogP contribution in [0.5, 0.6) is 0 Å². The molecule has 0 bridgehead atoms. The first-order valence-electron chi connectivity index (χ1n) is 8.68. The van der Waals surface area contributed by atoms with E-state index in [1.54, 1.807) is 11.3 Å². The van der Waals surface area contributed by atoms with Crippen molar-refractivity contribution in [2.75, 3.05) is 4.90 Å². The number of thiocarbonyl (C=S) groups is 1. The fraction of sp³-hybridized carbons (Fsp3) is 0.238. The van der Waals surface area contributed by atoms with E-state index < -0.39 is 0 Å². The van der Waals surface area contributed by atoms with Crippen molar-refractivity contribution >= 4 is 34.4 Å². The Morgan fingerprint density at radius 2 is 1.88 bits per heavy atom. The molecule has 3 aromatic rings. The Bertz CT molecular complexity index is 949. The van der Waals surface area contributed by atoms with Crippen molar-refractivity contribution in [3.8, 4) is 0 Å². The molecule has 0 aliphatic carbocycles. The van der Waals surface area contributed by atoms with Gasteiger partial charge in [-0.2, -0.15) is 0 Å². The zero-order chi connectivity index (χ0) is 18.3. The third-order valence-corrected chi connectivity index (χ3v) is 6.44. The Balaban J connectivity index is 1.85. The zero-order valence-electron chi connectivity index (χ0n) is 15.1. The average molecular weight is 380 g/mol. The van der Waals surface area contributed by atoms with Gasteiger partial charge >= 0.3 is 0 Å². The fourth-order valence-corrected chi connectivity index (χ4v) is 4.86. The number of aromatic nitrogens is 1. The van der Waals surface area contributed by atoms with E-state index in [0.29, 0.717) is 0 Å². The molecule has 1 aromatic carbocycles. The van der Waals surface area contributed by atoms with Gasteiger partial charge in [-0.25, -0.2) is 0 Å². The summed E-state index contributed by atoms with van der Waals surface area (Å²) in [4.78, 5) is 8.18. The normalized spacial score (nSPS) is 19.7. The Labute approximate surface area is 163 Å². The van der Waals surface area contributed by atoms with Crippen LogP contribution in [0.4, 0.5) is 5.69 Å². The summed E-state index contributed by atoms with van der Waals surface area (Å²) in [5.41, 5.74) is 5.99. The highest BCUT2D eigenvalue weighted by molar-refractivity contribution is 7.80. The lowest BCUT2D eigenvalue weighted by Gasteiger charge is -2.28. The van der Waals surface area contributed by atoms with E-state index in [-0.39, 0.29) is 12.1 Å². The lowest BCUT2D eigenvalue weighted by atomic mass is 10.00. The SMILES string of the molecule is Cc1ccc(N2C(=S)NC(c3ccccn3)C2c2sccc2C)cc1C. The molecule has 2 aromatic heterocycles. The Morgan fingerprint density at radius 3 is 2.54 bits per heavy atom. The summed E-state index contributed by atoms with van der Waals surface area (Å²) < 4.78 is 0. The molecule has 1 aliphatic rings. The van der Waals surface area contributed by atoms with E-state index in [0.717, 1.165) is 16.5 Å². The van der Waals surface area contributed by atoms with Gasteiger partial charge in [-0.3, -0.25) is 4.98 Å². The van der Waals surface area contributed by atoms with Crippen molar-refractivity contribution in [3.05, 3.63) is 81.3 Å². The van der Waals surface area contributed by atoms with Crippen LogP contribution in [0.25, 0.3) is 0 Å². The number of pyridine rings is 1. The quantitative estimate of drug-likeness (QED) is 0.630. The summed E-state index contributed by atoms with van der Waals surface area (Å²) in [6.45, 7) is 6.45. The summed E-state index contributed by atoms with van der Waals surface area (Å²) in [5, 5.41) is 6.42. The first-order chi connectivity index (χ1) is 12.6. The van der Waals surface area contributed by atoms with Crippen molar-refractivity contribution in [3.63, 3.8) is 0 Å². The Hall–Kier alpha value is -2.24. The summed E-state index contributed by atoms with van der Waals surface area (Å²) in [6.07, 6.45) is 1.84. The van der Waals surface area contributed by atoms with Gasteiger partial charge in [0.25, 0.3) is 0 Å². The second-order valence-corrected chi connectivity index (χ2v) is 8.07. The van der Waals surface area contributed by atoms with E-state index in [1.165, 1.54) is 21.6 Å². The van der Waals surface area contributed by atoms with Gasteiger partial charge in [-0.1, -0.05) is 12.1 Å². The number of nitrogens with one attached hydrogen (secondary N) is 1. The van der Waals surface area contributed by atoms with Gasteiger partial charge in [-0.15, -0.1) is 11.3 Å². The van der Waals surface area contributed by atoms with Crippen LogP contribution < -0.4 is 10.2 Å². The number of nitrogens with zero attached hydrogens (tertiary/aromatic N) is 2. The second-order valence-electron chi connectivity index (χ2n) is 6.73. The molecule has 2 unspecified atom stereocenters. The van der Waals surface area contributed by atoms with Gasteiger partial charge in [0, 0.05) is 16.8 Å². The smallest absolute Gasteiger partial charge is 0.174 e. The summed E-state index contributed by atoms with van der Waals surface area (Å²) in [5.74, 6) is 0. The highest BCUT2D eigenvalue weighted by atomic mass is 32.1. The molecule has 3 nitrogen and oxygen atoms in total. The lowest BCUT2D eigenvalue weighted by Crippen LogP contribution is -2.29. The van der Waals surface area contributed by atoms with Crippen molar-refractivity contribution in [1.29, 1.82) is 0 Å². The van der Waals surface area contributed by atoms with Gasteiger partial charge in [0.1, 0.15) is 0 Å². The molecule has 4 rings (SSSR count). The number of anilines is 1. The standard InChI is InChI=1S/C21H21N3S2/c1-13-7-8-16(12-15(13)3)24-19(20-14(2)9-11-26-20)18(23-21(24)25)17-6-4-5-10-22-17/h4-12,18-19H,1-3H3,(H,23,25). The van der Waals surface area contributed by atoms with E-state index in [1.807, 2.05) is 18.3 Å². The zero-order valence-corrected chi connectivity index (χ0v) is 16.7. The highest BCUT2D eigenvalue weighted by Gasteiger charge is 2.41. The Kier molecular flexibility index (Phi) is 4.51. The molecule has 2 atom stereocenters. The van der Waals surface area contributed by atoms with Crippen LogP contribution in [0.2, 0.25) is 0 Å². The molecule has 0 amide bonds. The number of aryl methyl sites for hydroxylation is 3. The first kappa shape index (κ1) is 17.2. The average Bonchev–Trinajstić information content (AvgIpc) is 3.21. The fourth-order valence-electron chi connectivity index (χ4n) is 3.46. The van der Waals surface area contributed by atoms with Crippen molar-refractivity contribution in [2.24, 2.45) is 0 Å². The molecule has 0 spiro atoms. The topological polar surface area (TPSA) is 28.2 Å². The number of hydrogen-bond donors (Lipinski definition) is 1. The van der Waals surface area contributed by atoms with Crippen molar-refractivity contribution < 1.29 is 0 Å². The van der Waals surface area contributed by atoms with Crippen LogP contribution in [0.3, 0.4) is 0 Å². The van der Waals surface area contributed by atoms with Crippen molar-refractivity contribution in [1.82, 2.24) is 10.3 Å². The van der Waals surface area contributed by atoms with Gasteiger partial charge in [0.2, 0.25) is 0 Å². The van der Waals surface area contributed by atoms with Gasteiger partial charge < -0.3 is 10.2 Å². The molecule has 0 saturated carbocycles. The minimum absolute atomic E-state index is 0.0302. The van der Waals surface area contributed by atoms with E-state index in [4.69, 9.17) is 12.2 Å². The molecular weight excluding hydrogens is 358 g/mol. The summed E-state index contributed by atoms with van der Waals surface area (Å²) in [7, 11) is 0. The lowest BCUT2D eigenvalue weighted by molar-refractivity contribution is 0.573. The predicted octanol–water partition coefficient (Wildman–Crippen LogP) is 5.25. The summed E-state index contributed by atoms with van der Waals surface area (Å²) >= 11 is 7.55. The molecule has 3 heterocycles. The molecule has 26 heavy (non-hydrogen) atoms. The predicted molar refractivity (Wildman–Crippen MR) is 113 cm³/mol. The molecule has 1 N–H and O–H groups in total. The number of rotatable bonds is 3. The Morgan fingerprint density at radius 1 is 1.04 bits per heavy atom. The van der Waals surface area contributed by atoms with Crippen LogP contribution in [0, 0.1) is 20.8 Å². The monoisotopic (exact) mass is 379 g/mol. The second kappa shape index (κ2) is 6.82. The maximum Gasteiger partial charge on any atom is 0.174 e. The van der Waals surface area contributed by atoms with E-state index in [2.05, 4.69) is 71.7 Å². The number of hydrogen-bond acceptors (Lipinski definition) is 3. The molecular formula is C21H21N3S2. The maximum absolute atomic E-state index is 5.76. The third-order valence-electron chi connectivity index (χ3n) is 5.04. The highest BCUT2D eigenvalue weighted by Crippen LogP contribution is 2.44. The minimum Gasteiger partial charge on any atom is -0.351 e. The minimum atomic E-state index is 0.0302.